The van der Waals surface area contributed by atoms with Crippen LogP contribution in [0.5, 0.6) is 0 Å². The van der Waals surface area contributed by atoms with Crippen LogP contribution in [0.3, 0.4) is 0 Å². The van der Waals surface area contributed by atoms with Gasteiger partial charge in [0.15, 0.2) is 5.69 Å². The van der Waals surface area contributed by atoms with Crippen molar-refractivity contribution in [1.82, 2.24) is 30.2 Å². The van der Waals surface area contributed by atoms with E-state index in [1.165, 1.54) is 19.3 Å². The van der Waals surface area contributed by atoms with Gasteiger partial charge in [0.1, 0.15) is 0 Å². The quantitative estimate of drug-likeness (QED) is 0.789. The molecular formula is C22H28N6O2. The fourth-order valence-electron chi connectivity index (χ4n) is 6.02. The van der Waals surface area contributed by atoms with Crippen LogP contribution in [0.1, 0.15) is 40.1 Å². The maximum atomic E-state index is 13.0. The fourth-order valence-corrected chi connectivity index (χ4v) is 6.02. The van der Waals surface area contributed by atoms with Gasteiger partial charge in [0, 0.05) is 61.8 Å². The number of carbonyl (C=O) groups is 2. The smallest absolute Gasteiger partial charge is 0.272 e. The summed E-state index contributed by atoms with van der Waals surface area (Å²) in [6, 6.07) is 5.71. The third-order valence-corrected chi connectivity index (χ3v) is 8.06. The molecule has 8 nitrogen and oxygen atoms in total. The van der Waals surface area contributed by atoms with Gasteiger partial charge in [-0.05, 0) is 50.4 Å². The molecular weight excluding hydrogens is 380 g/mol. The molecule has 1 saturated carbocycles. The lowest BCUT2D eigenvalue weighted by Crippen LogP contribution is -2.64. The fraction of sp³-hybridized carbons (Fsp3) is 0.591. The Bertz CT molecular complexity index is 1020. The number of amides is 2. The third kappa shape index (κ3) is 2.56. The standard InChI is InChI=1S/C22H28N6O2/c1-26-8-10-27(11-9-26)21(30)14-2-3-15-17(12-14)24-25-19(15)20(29)23-18-13-28-7-6-22(28)5-4-16(18)22/h2-3,12,16,18H,4-11,13H2,1H3,(H,23,29)(H,24,25)/t16-,18-,22?/m1/s1. The lowest BCUT2D eigenvalue weighted by Gasteiger charge is -2.58. The number of hydrogen-bond donors (Lipinski definition) is 2. The SMILES string of the molecule is CN1CCN(C(=O)c2ccc3c(C(=O)N[C@@H]4CN5CCC56CC[C@H]46)n[nH]c3c2)CC1. The molecule has 4 heterocycles. The highest BCUT2D eigenvalue weighted by Crippen LogP contribution is 2.57. The molecule has 4 aliphatic rings. The molecule has 4 fully saturated rings. The molecule has 1 aliphatic carbocycles. The summed E-state index contributed by atoms with van der Waals surface area (Å²) in [7, 11) is 2.07. The van der Waals surface area contributed by atoms with Crippen molar-refractivity contribution < 1.29 is 9.59 Å². The van der Waals surface area contributed by atoms with Crippen LogP contribution in [0.25, 0.3) is 10.9 Å². The number of nitrogens with one attached hydrogen (secondary N) is 2. The molecule has 1 unspecified atom stereocenters. The molecule has 0 radical (unpaired) electrons. The van der Waals surface area contributed by atoms with Crippen molar-refractivity contribution >= 4 is 22.7 Å². The number of piperazine rings is 1. The van der Waals surface area contributed by atoms with E-state index in [1.807, 2.05) is 23.1 Å². The Morgan fingerprint density at radius 3 is 2.67 bits per heavy atom. The summed E-state index contributed by atoms with van der Waals surface area (Å²) in [5, 5.41) is 11.3. The molecule has 1 spiro atoms. The summed E-state index contributed by atoms with van der Waals surface area (Å²) in [5.41, 5.74) is 2.19. The van der Waals surface area contributed by atoms with Crippen LogP contribution in [-0.4, -0.2) is 94.6 Å². The first kappa shape index (κ1) is 18.3. The van der Waals surface area contributed by atoms with Crippen LogP contribution in [0, 0.1) is 5.92 Å². The number of aromatic amines is 1. The number of H-pyrrole nitrogens is 1. The zero-order valence-electron chi connectivity index (χ0n) is 17.4. The minimum absolute atomic E-state index is 0.0383. The molecule has 30 heavy (non-hydrogen) atoms. The van der Waals surface area contributed by atoms with E-state index in [9.17, 15) is 9.59 Å². The van der Waals surface area contributed by atoms with Crippen LogP contribution in [0.4, 0.5) is 0 Å². The van der Waals surface area contributed by atoms with Crippen molar-refractivity contribution in [2.75, 3.05) is 46.3 Å². The lowest BCUT2D eigenvalue weighted by molar-refractivity contribution is -0.0676. The molecule has 158 valence electrons. The second kappa shape index (κ2) is 6.52. The minimum atomic E-state index is -0.117. The number of fused-ring (bicyclic) bond motifs is 1. The predicted octanol–water partition coefficient (Wildman–Crippen LogP) is 0.917. The molecule has 3 saturated heterocycles. The van der Waals surface area contributed by atoms with E-state index < -0.39 is 0 Å². The number of hydrogen-bond acceptors (Lipinski definition) is 5. The number of benzene rings is 1. The molecule has 8 heteroatoms. The van der Waals surface area contributed by atoms with E-state index in [2.05, 4.69) is 32.4 Å². The molecule has 2 aromatic rings. The molecule has 6 rings (SSSR count). The topological polar surface area (TPSA) is 84.6 Å². The van der Waals surface area contributed by atoms with Crippen LogP contribution >= 0.6 is 0 Å². The molecule has 1 aromatic carbocycles. The average molecular weight is 409 g/mol. The Balaban J connectivity index is 1.19. The van der Waals surface area contributed by atoms with Crippen molar-refractivity contribution in [3.05, 3.63) is 29.5 Å². The van der Waals surface area contributed by atoms with Crippen molar-refractivity contribution in [1.29, 1.82) is 0 Å². The van der Waals surface area contributed by atoms with E-state index in [0.717, 1.165) is 50.2 Å². The Hall–Kier alpha value is -2.45. The second-order valence-corrected chi connectivity index (χ2v) is 9.45. The van der Waals surface area contributed by atoms with Gasteiger partial charge in [-0.1, -0.05) is 0 Å². The molecule has 0 bridgehead atoms. The van der Waals surface area contributed by atoms with Crippen LogP contribution in [0.15, 0.2) is 18.2 Å². The Kier molecular flexibility index (Phi) is 3.98. The monoisotopic (exact) mass is 408 g/mol. The van der Waals surface area contributed by atoms with Gasteiger partial charge in [0.05, 0.1) is 5.52 Å². The van der Waals surface area contributed by atoms with Crippen LogP contribution in [-0.2, 0) is 0 Å². The molecule has 1 aromatic heterocycles. The summed E-state index contributed by atoms with van der Waals surface area (Å²) in [6.07, 6.45) is 3.76. The molecule has 3 aliphatic heterocycles. The number of rotatable bonds is 3. The van der Waals surface area contributed by atoms with Crippen molar-refractivity contribution in [2.24, 2.45) is 5.92 Å². The average Bonchev–Trinajstić information content (AvgIpc) is 3.18. The summed E-state index contributed by atoms with van der Waals surface area (Å²) in [5.74, 6) is 0.513. The first-order chi connectivity index (χ1) is 14.5. The summed E-state index contributed by atoms with van der Waals surface area (Å²) < 4.78 is 0. The Morgan fingerprint density at radius 1 is 1.17 bits per heavy atom. The maximum absolute atomic E-state index is 13.0. The number of aromatic nitrogens is 2. The first-order valence-electron chi connectivity index (χ1n) is 11.1. The van der Waals surface area contributed by atoms with Crippen molar-refractivity contribution in [3.8, 4) is 0 Å². The van der Waals surface area contributed by atoms with Gasteiger partial charge in [-0.3, -0.25) is 19.6 Å². The summed E-state index contributed by atoms with van der Waals surface area (Å²) in [4.78, 5) is 32.5. The minimum Gasteiger partial charge on any atom is -0.346 e. The van der Waals surface area contributed by atoms with Gasteiger partial charge in [-0.15, -0.1) is 0 Å². The first-order valence-corrected chi connectivity index (χ1v) is 11.1. The Labute approximate surface area is 175 Å². The van der Waals surface area contributed by atoms with Gasteiger partial charge < -0.3 is 15.1 Å². The predicted molar refractivity (Wildman–Crippen MR) is 112 cm³/mol. The van der Waals surface area contributed by atoms with Crippen LogP contribution < -0.4 is 5.32 Å². The highest BCUT2D eigenvalue weighted by Gasteiger charge is 2.63. The van der Waals surface area contributed by atoms with Gasteiger partial charge >= 0.3 is 0 Å². The second-order valence-electron chi connectivity index (χ2n) is 9.45. The van der Waals surface area contributed by atoms with Crippen LogP contribution in [0.2, 0.25) is 0 Å². The van der Waals surface area contributed by atoms with Gasteiger partial charge in [0.2, 0.25) is 0 Å². The number of likely N-dealkylation sites (N-methyl/N-ethyl adjacent to an activating group) is 1. The maximum Gasteiger partial charge on any atom is 0.272 e. The van der Waals surface area contributed by atoms with Gasteiger partial charge in [-0.25, -0.2) is 0 Å². The Morgan fingerprint density at radius 2 is 2.00 bits per heavy atom. The number of carbonyl (C=O) groups excluding carboxylic acids is 2. The zero-order valence-corrected chi connectivity index (χ0v) is 17.4. The highest BCUT2D eigenvalue weighted by molar-refractivity contribution is 6.06. The van der Waals surface area contributed by atoms with Crippen molar-refractivity contribution in [3.63, 3.8) is 0 Å². The van der Waals surface area contributed by atoms with Gasteiger partial charge in [-0.2, -0.15) is 5.10 Å². The van der Waals surface area contributed by atoms with E-state index in [1.54, 1.807) is 0 Å². The summed E-state index contributed by atoms with van der Waals surface area (Å²) >= 11 is 0. The lowest BCUT2D eigenvalue weighted by atomic mass is 9.61. The van der Waals surface area contributed by atoms with E-state index in [-0.39, 0.29) is 17.9 Å². The molecule has 3 atom stereocenters. The normalized spacial score (nSPS) is 31.0. The largest absolute Gasteiger partial charge is 0.346 e. The third-order valence-electron chi connectivity index (χ3n) is 8.06. The van der Waals surface area contributed by atoms with E-state index >= 15 is 0 Å². The zero-order chi connectivity index (χ0) is 20.5. The van der Waals surface area contributed by atoms with E-state index in [0.29, 0.717) is 22.7 Å². The van der Waals surface area contributed by atoms with Crippen molar-refractivity contribution in [2.45, 2.75) is 30.8 Å². The molecule has 2 N–H and O–H groups in total. The number of nitrogens with zero attached hydrogens (tertiary/aromatic N) is 4. The summed E-state index contributed by atoms with van der Waals surface area (Å²) in [6.45, 7) is 5.39. The highest BCUT2D eigenvalue weighted by atomic mass is 16.2. The van der Waals surface area contributed by atoms with Gasteiger partial charge in [0.25, 0.3) is 11.8 Å². The van der Waals surface area contributed by atoms with E-state index in [4.69, 9.17) is 0 Å². The molecule has 2 amide bonds.